The van der Waals surface area contributed by atoms with E-state index in [4.69, 9.17) is 5.73 Å². The first kappa shape index (κ1) is 15.2. The summed E-state index contributed by atoms with van der Waals surface area (Å²) in [6.45, 7) is 7.41. The van der Waals surface area contributed by atoms with Gasteiger partial charge in [-0.1, -0.05) is 26.8 Å². The Morgan fingerprint density at radius 2 is 1.87 bits per heavy atom. The van der Waals surface area contributed by atoms with Crippen LogP contribution in [0.15, 0.2) is 18.2 Å². The van der Waals surface area contributed by atoms with Crippen molar-refractivity contribution in [1.29, 1.82) is 0 Å². The fraction of sp³-hybridized carbons (Fsp3) is 0.500. The van der Waals surface area contributed by atoms with E-state index in [0.717, 1.165) is 6.42 Å². The van der Waals surface area contributed by atoms with Gasteiger partial charge >= 0.3 is 0 Å². The number of rotatable bonds is 3. The lowest BCUT2D eigenvalue weighted by Gasteiger charge is -2.24. The van der Waals surface area contributed by atoms with Crippen LogP contribution in [0.5, 0.6) is 0 Å². The molecule has 0 fully saturated rings. The Bertz CT molecular complexity index is 323. The van der Waals surface area contributed by atoms with Crippen LogP contribution in [0.3, 0.4) is 0 Å². The van der Waals surface area contributed by atoms with Crippen LogP contribution in [0.4, 0.5) is 0 Å². The summed E-state index contributed by atoms with van der Waals surface area (Å²) in [6.07, 6.45) is 1.15. The van der Waals surface area contributed by atoms with Gasteiger partial charge in [-0.15, -0.1) is 12.4 Å². The summed E-state index contributed by atoms with van der Waals surface area (Å²) in [6, 6.07) is 6.63. The maximum absolute atomic E-state index is 5.67. The highest BCUT2D eigenvalue weighted by atomic mass is 127. The van der Waals surface area contributed by atoms with Crippen molar-refractivity contribution in [2.45, 2.75) is 39.2 Å². The summed E-state index contributed by atoms with van der Waals surface area (Å²) >= 11 is 2.36. The molecule has 0 aliphatic heterocycles. The molecule has 0 heterocycles. The Morgan fingerprint density at radius 1 is 1.27 bits per heavy atom. The fourth-order valence-corrected chi connectivity index (χ4v) is 2.10. The minimum absolute atomic E-state index is 0. The molecule has 0 aromatic heterocycles. The van der Waals surface area contributed by atoms with Crippen LogP contribution in [-0.4, -0.2) is 0 Å². The van der Waals surface area contributed by atoms with E-state index in [2.05, 4.69) is 61.6 Å². The maximum Gasteiger partial charge on any atom is 0.0178 e. The summed E-state index contributed by atoms with van der Waals surface area (Å²) in [4.78, 5) is 0. The van der Waals surface area contributed by atoms with Gasteiger partial charge in [0, 0.05) is 10.1 Å². The first-order chi connectivity index (χ1) is 6.49. The third kappa shape index (κ3) is 3.93. The first-order valence-electron chi connectivity index (χ1n) is 4.99. The molecule has 3 heteroatoms. The topological polar surface area (TPSA) is 26.0 Å². The maximum atomic E-state index is 5.67. The van der Waals surface area contributed by atoms with E-state index in [-0.39, 0.29) is 17.8 Å². The van der Waals surface area contributed by atoms with Gasteiger partial charge in [0.2, 0.25) is 0 Å². The van der Waals surface area contributed by atoms with Crippen LogP contribution in [-0.2, 0) is 12.0 Å². The van der Waals surface area contributed by atoms with Crippen molar-refractivity contribution in [3.63, 3.8) is 0 Å². The van der Waals surface area contributed by atoms with Gasteiger partial charge in [-0.2, -0.15) is 0 Å². The van der Waals surface area contributed by atoms with Crippen LogP contribution < -0.4 is 5.73 Å². The summed E-state index contributed by atoms with van der Waals surface area (Å²) in [7, 11) is 0. The predicted octanol–water partition coefficient (Wildman–Crippen LogP) is 3.86. The van der Waals surface area contributed by atoms with Crippen LogP contribution in [0.25, 0.3) is 0 Å². The van der Waals surface area contributed by atoms with Gasteiger partial charge < -0.3 is 5.73 Å². The smallest absolute Gasteiger partial charge is 0.0178 e. The van der Waals surface area contributed by atoms with Crippen molar-refractivity contribution in [3.8, 4) is 0 Å². The number of hydrogen-bond donors (Lipinski definition) is 1. The molecule has 0 aliphatic rings. The number of halogens is 2. The zero-order valence-corrected chi connectivity index (χ0v) is 12.5. The van der Waals surface area contributed by atoms with E-state index in [1.165, 1.54) is 14.7 Å². The van der Waals surface area contributed by atoms with Crippen molar-refractivity contribution in [2.75, 3.05) is 0 Å². The molecule has 15 heavy (non-hydrogen) atoms. The monoisotopic (exact) mass is 339 g/mol. The molecular formula is C12H19ClIN. The van der Waals surface area contributed by atoms with Crippen molar-refractivity contribution in [2.24, 2.45) is 5.73 Å². The van der Waals surface area contributed by atoms with Crippen molar-refractivity contribution in [1.82, 2.24) is 0 Å². The number of hydrogen-bond acceptors (Lipinski definition) is 1. The van der Waals surface area contributed by atoms with E-state index in [1.54, 1.807) is 0 Å². The van der Waals surface area contributed by atoms with Crippen LogP contribution in [0.2, 0.25) is 0 Å². The van der Waals surface area contributed by atoms with Crippen LogP contribution in [0, 0.1) is 3.57 Å². The second kappa shape index (κ2) is 6.06. The molecule has 0 saturated carbocycles. The van der Waals surface area contributed by atoms with E-state index < -0.39 is 0 Å². The van der Waals surface area contributed by atoms with E-state index >= 15 is 0 Å². The quantitative estimate of drug-likeness (QED) is 0.832. The molecule has 0 amide bonds. The molecule has 1 nitrogen and oxygen atoms in total. The fourth-order valence-electron chi connectivity index (χ4n) is 1.36. The lowest BCUT2D eigenvalue weighted by atomic mass is 9.82. The molecule has 0 saturated heterocycles. The summed E-state index contributed by atoms with van der Waals surface area (Å²) < 4.78 is 1.28. The second-order valence-electron chi connectivity index (χ2n) is 4.29. The highest BCUT2D eigenvalue weighted by Gasteiger charge is 2.18. The average Bonchev–Trinajstić information content (AvgIpc) is 2.16. The van der Waals surface area contributed by atoms with Gasteiger partial charge in [0.1, 0.15) is 0 Å². The molecule has 0 radical (unpaired) electrons. The largest absolute Gasteiger partial charge is 0.326 e. The molecule has 1 rings (SSSR count). The van der Waals surface area contributed by atoms with Crippen molar-refractivity contribution in [3.05, 3.63) is 32.9 Å². The number of nitrogens with two attached hydrogens (primary N) is 1. The molecule has 0 bridgehead atoms. The van der Waals surface area contributed by atoms with Gasteiger partial charge in [-0.05, 0) is 57.7 Å². The lowest BCUT2D eigenvalue weighted by molar-refractivity contribution is 0.505. The Morgan fingerprint density at radius 3 is 2.33 bits per heavy atom. The van der Waals surface area contributed by atoms with E-state index in [0.29, 0.717) is 6.54 Å². The van der Waals surface area contributed by atoms with Gasteiger partial charge in [0.05, 0.1) is 0 Å². The zero-order chi connectivity index (χ0) is 10.8. The van der Waals surface area contributed by atoms with E-state index in [1.807, 2.05) is 0 Å². The third-order valence-electron chi connectivity index (χ3n) is 2.86. The van der Waals surface area contributed by atoms with Gasteiger partial charge in [0.15, 0.2) is 0 Å². The first-order valence-corrected chi connectivity index (χ1v) is 6.07. The molecule has 0 spiro atoms. The highest BCUT2D eigenvalue weighted by molar-refractivity contribution is 14.1. The molecule has 0 unspecified atom stereocenters. The average molecular weight is 340 g/mol. The Labute approximate surface area is 112 Å². The molecule has 0 atom stereocenters. The molecular weight excluding hydrogens is 320 g/mol. The number of benzene rings is 1. The summed E-state index contributed by atoms with van der Waals surface area (Å²) in [5, 5.41) is 0. The summed E-state index contributed by atoms with van der Waals surface area (Å²) in [5.74, 6) is 0. The zero-order valence-electron chi connectivity index (χ0n) is 9.51. The summed E-state index contributed by atoms with van der Waals surface area (Å²) in [5.41, 5.74) is 8.55. The van der Waals surface area contributed by atoms with Gasteiger partial charge in [-0.3, -0.25) is 0 Å². The standard InChI is InChI=1S/C12H18IN.ClH/c1-4-12(2,3)10-5-9(8-14)6-11(13)7-10;/h5-7H,4,8,14H2,1-3H3;1H. The molecule has 0 aliphatic carbocycles. The van der Waals surface area contributed by atoms with Gasteiger partial charge in [-0.25, -0.2) is 0 Å². The Kier molecular flexibility index (Phi) is 6.14. The van der Waals surface area contributed by atoms with Crippen LogP contribution >= 0.6 is 35.0 Å². The SMILES string of the molecule is CCC(C)(C)c1cc(I)cc(CN)c1.Cl. The minimum Gasteiger partial charge on any atom is -0.326 e. The highest BCUT2D eigenvalue weighted by Crippen LogP contribution is 2.28. The second-order valence-corrected chi connectivity index (χ2v) is 5.54. The normalized spacial score (nSPS) is 11.0. The van der Waals surface area contributed by atoms with Crippen molar-refractivity contribution >= 4 is 35.0 Å². The van der Waals surface area contributed by atoms with Crippen LogP contribution in [0.1, 0.15) is 38.3 Å². The molecule has 1 aromatic carbocycles. The molecule has 86 valence electrons. The van der Waals surface area contributed by atoms with E-state index in [9.17, 15) is 0 Å². The molecule has 1 aromatic rings. The predicted molar refractivity (Wildman–Crippen MR) is 77.6 cm³/mol. The Balaban J connectivity index is 0.00000196. The third-order valence-corrected chi connectivity index (χ3v) is 3.48. The minimum atomic E-state index is 0. The van der Waals surface area contributed by atoms with Crippen molar-refractivity contribution < 1.29 is 0 Å². The lowest BCUT2D eigenvalue weighted by Crippen LogP contribution is -2.16. The molecule has 2 N–H and O–H groups in total. The van der Waals surface area contributed by atoms with Gasteiger partial charge in [0.25, 0.3) is 0 Å². The Hall–Kier alpha value is 0.200.